The molecular weight excluding hydrogens is 320 g/mol. The second kappa shape index (κ2) is 7.07. The highest BCUT2D eigenvalue weighted by Crippen LogP contribution is 2.43. The van der Waals surface area contributed by atoms with E-state index in [2.05, 4.69) is 21.8 Å². The Morgan fingerprint density at radius 1 is 1.36 bits per heavy atom. The van der Waals surface area contributed by atoms with Crippen molar-refractivity contribution in [2.24, 2.45) is 5.41 Å². The molecule has 0 radical (unpaired) electrons. The first kappa shape index (κ1) is 17.8. The number of carbonyl (C=O) groups excluding carboxylic acids is 1. The van der Waals surface area contributed by atoms with Gasteiger partial charge < -0.3 is 10.0 Å². The molecule has 3 rings (SSSR count). The number of carbonyl (C=O) groups is 2. The fraction of sp³-hybridized carbons (Fsp3) is 0.667. The summed E-state index contributed by atoms with van der Waals surface area (Å²) < 4.78 is 0. The third kappa shape index (κ3) is 3.51. The molecular formula is C18H26N4O3. The first-order valence-electron chi connectivity index (χ1n) is 8.98. The summed E-state index contributed by atoms with van der Waals surface area (Å²) in [5.74, 6) is -0.743. The molecule has 1 atom stereocenters. The summed E-state index contributed by atoms with van der Waals surface area (Å²) in [7, 11) is 0. The van der Waals surface area contributed by atoms with Crippen molar-refractivity contribution in [2.75, 3.05) is 26.2 Å². The quantitative estimate of drug-likeness (QED) is 0.891. The smallest absolute Gasteiger partial charge is 0.320 e. The largest absolute Gasteiger partial charge is 0.480 e. The fourth-order valence-electron chi connectivity index (χ4n) is 4.23. The average Bonchev–Trinajstić information content (AvgIpc) is 2.94. The highest BCUT2D eigenvalue weighted by Gasteiger charge is 2.48. The second-order valence-electron chi connectivity index (χ2n) is 7.34. The average molecular weight is 346 g/mol. The Labute approximate surface area is 148 Å². The van der Waals surface area contributed by atoms with Crippen LogP contribution in [0.5, 0.6) is 0 Å². The molecule has 0 aromatic carbocycles. The lowest BCUT2D eigenvalue weighted by atomic mass is 9.76. The summed E-state index contributed by atoms with van der Waals surface area (Å²) in [6, 6.07) is -0.382. The Balaban J connectivity index is 1.66. The molecule has 2 saturated heterocycles. The van der Waals surface area contributed by atoms with Crippen LogP contribution in [-0.4, -0.2) is 69.0 Å². The SMILES string of the molecule is CCCN1CC2(CCN(C(=O)c3cncnc3C)CC2)C[C@@H]1C(=O)O. The van der Waals surface area contributed by atoms with Gasteiger partial charge in [0.2, 0.25) is 0 Å². The molecule has 0 aliphatic carbocycles. The summed E-state index contributed by atoms with van der Waals surface area (Å²) in [4.78, 5) is 36.3. The van der Waals surface area contributed by atoms with Crippen molar-refractivity contribution in [1.29, 1.82) is 0 Å². The first-order chi connectivity index (χ1) is 12.0. The van der Waals surface area contributed by atoms with Gasteiger partial charge in [0.1, 0.15) is 12.4 Å². The number of piperidine rings is 1. The molecule has 3 heterocycles. The van der Waals surface area contributed by atoms with Crippen molar-refractivity contribution in [2.45, 2.75) is 45.6 Å². The molecule has 1 spiro atoms. The van der Waals surface area contributed by atoms with Crippen LogP contribution in [0.1, 0.15) is 48.7 Å². The lowest BCUT2D eigenvalue weighted by Gasteiger charge is -2.39. The Bertz CT molecular complexity index is 655. The van der Waals surface area contributed by atoms with E-state index < -0.39 is 5.97 Å². The van der Waals surface area contributed by atoms with Crippen molar-refractivity contribution in [3.05, 3.63) is 23.8 Å². The Morgan fingerprint density at radius 2 is 2.08 bits per heavy atom. The van der Waals surface area contributed by atoms with E-state index in [9.17, 15) is 14.7 Å². The lowest BCUT2D eigenvalue weighted by molar-refractivity contribution is -0.142. The Kier molecular flexibility index (Phi) is 5.03. The number of carboxylic acids is 1. The van der Waals surface area contributed by atoms with Gasteiger partial charge in [0.15, 0.2) is 0 Å². The molecule has 0 saturated carbocycles. The second-order valence-corrected chi connectivity index (χ2v) is 7.34. The topological polar surface area (TPSA) is 86.6 Å². The normalized spacial score (nSPS) is 23.1. The molecule has 1 aromatic rings. The fourth-order valence-corrected chi connectivity index (χ4v) is 4.23. The van der Waals surface area contributed by atoms with Crippen molar-refractivity contribution in [3.63, 3.8) is 0 Å². The zero-order valence-electron chi connectivity index (χ0n) is 14.9. The van der Waals surface area contributed by atoms with Crippen molar-refractivity contribution in [3.8, 4) is 0 Å². The summed E-state index contributed by atoms with van der Waals surface area (Å²) >= 11 is 0. The molecule has 1 amide bonds. The molecule has 2 fully saturated rings. The Morgan fingerprint density at radius 3 is 2.68 bits per heavy atom. The van der Waals surface area contributed by atoms with E-state index >= 15 is 0 Å². The minimum Gasteiger partial charge on any atom is -0.480 e. The van der Waals surface area contributed by atoms with Crippen LogP contribution in [0.3, 0.4) is 0 Å². The van der Waals surface area contributed by atoms with Gasteiger partial charge in [-0.1, -0.05) is 6.92 Å². The number of aliphatic carboxylic acids is 1. The summed E-state index contributed by atoms with van der Waals surface area (Å²) in [5.41, 5.74) is 1.28. The molecule has 0 bridgehead atoms. The highest BCUT2D eigenvalue weighted by molar-refractivity contribution is 5.94. The standard InChI is InChI=1S/C18H26N4O3/c1-3-6-22-11-18(9-15(22)17(24)25)4-7-21(8-5-18)16(23)14-10-19-12-20-13(14)2/h10,12,15H,3-9,11H2,1-2H3,(H,24,25)/t15-/m1/s1. The zero-order chi connectivity index (χ0) is 18.0. The van der Waals surface area contributed by atoms with E-state index in [1.807, 2.05) is 11.8 Å². The third-order valence-corrected chi connectivity index (χ3v) is 5.65. The van der Waals surface area contributed by atoms with E-state index in [0.717, 1.165) is 32.4 Å². The molecule has 2 aliphatic heterocycles. The van der Waals surface area contributed by atoms with Crippen LogP contribution >= 0.6 is 0 Å². The van der Waals surface area contributed by atoms with Gasteiger partial charge >= 0.3 is 5.97 Å². The first-order valence-corrected chi connectivity index (χ1v) is 8.98. The summed E-state index contributed by atoms with van der Waals surface area (Å²) in [6.45, 7) is 6.88. The minimum atomic E-state index is -0.721. The highest BCUT2D eigenvalue weighted by atomic mass is 16.4. The van der Waals surface area contributed by atoms with Gasteiger partial charge in [-0.2, -0.15) is 0 Å². The number of hydrogen-bond acceptors (Lipinski definition) is 5. The predicted octanol–water partition coefficient (Wildman–Crippen LogP) is 1.58. The number of nitrogens with zero attached hydrogens (tertiary/aromatic N) is 4. The number of rotatable bonds is 4. The molecule has 136 valence electrons. The van der Waals surface area contributed by atoms with E-state index in [0.29, 0.717) is 30.8 Å². The Hall–Kier alpha value is -2.02. The van der Waals surface area contributed by atoms with Gasteiger partial charge in [0, 0.05) is 25.8 Å². The van der Waals surface area contributed by atoms with E-state index in [1.165, 1.54) is 6.33 Å². The number of carboxylic acid groups (broad SMARTS) is 1. The summed E-state index contributed by atoms with van der Waals surface area (Å²) in [5, 5.41) is 9.52. The van der Waals surface area contributed by atoms with Crippen LogP contribution in [0.25, 0.3) is 0 Å². The number of amides is 1. The van der Waals surface area contributed by atoms with Gasteiger partial charge in [0.25, 0.3) is 5.91 Å². The van der Waals surface area contributed by atoms with Crippen LogP contribution in [0, 0.1) is 12.3 Å². The lowest BCUT2D eigenvalue weighted by Crippen LogP contribution is -2.44. The summed E-state index contributed by atoms with van der Waals surface area (Å²) in [6.07, 6.45) is 6.39. The number of aromatic nitrogens is 2. The number of aryl methyl sites for hydroxylation is 1. The van der Waals surface area contributed by atoms with Crippen LogP contribution in [0.4, 0.5) is 0 Å². The van der Waals surface area contributed by atoms with Crippen molar-refractivity contribution in [1.82, 2.24) is 19.8 Å². The molecule has 0 unspecified atom stereocenters. The van der Waals surface area contributed by atoms with Crippen molar-refractivity contribution < 1.29 is 14.7 Å². The zero-order valence-corrected chi connectivity index (χ0v) is 14.9. The van der Waals surface area contributed by atoms with Crippen LogP contribution in [0.15, 0.2) is 12.5 Å². The van der Waals surface area contributed by atoms with Crippen LogP contribution < -0.4 is 0 Å². The van der Waals surface area contributed by atoms with Gasteiger partial charge in [0.05, 0.1) is 11.3 Å². The van der Waals surface area contributed by atoms with E-state index in [4.69, 9.17) is 0 Å². The molecule has 7 nitrogen and oxygen atoms in total. The number of likely N-dealkylation sites (tertiary alicyclic amines) is 2. The van der Waals surface area contributed by atoms with E-state index in [-0.39, 0.29) is 17.4 Å². The minimum absolute atomic E-state index is 0.0221. The maximum atomic E-state index is 12.7. The van der Waals surface area contributed by atoms with Crippen LogP contribution in [0.2, 0.25) is 0 Å². The molecule has 1 aromatic heterocycles. The van der Waals surface area contributed by atoms with Crippen molar-refractivity contribution >= 4 is 11.9 Å². The third-order valence-electron chi connectivity index (χ3n) is 5.65. The van der Waals surface area contributed by atoms with Gasteiger partial charge in [-0.15, -0.1) is 0 Å². The molecule has 2 aliphatic rings. The maximum Gasteiger partial charge on any atom is 0.320 e. The van der Waals surface area contributed by atoms with Crippen LogP contribution in [-0.2, 0) is 4.79 Å². The van der Waals surface area contributed by atoms with Gasteiger partial charge in [-0.3, -0.25) is 14.5 Å². The molecule has 1 N–H and O–H groups in total. The molecule has 25 heavy (non-hydrogen) atoms. The number of hydrogen-bond donors (Lipinski definition) is 1. The van der Waals surface area contributed by atoms with Gasteiger partial charge in [-0.25, -0.2) is 9.97 Å². The van der Waals surface area contributed by atoms with Gasteiger partial charge in [-0.05, 0) is 44.6 Å². The maximum absolute atomic E-state index is 12.7. The molecule has 7 heteroatoms. The van der Waals surface area contributed by atoms with E-state index in [1.54, 1.807) is 6.20 Å². The predicted molar refractivity (Wildman–Crippen MR) is 92.2 cm³/mol. The monoisotopic (exact) mass is 346 g/mol.